The van der Waals surface area contributed by atoms with Crippen LogP contribution in [0.1, 0.15) is 68.6 Å². The van der Waals surface area contributed by atoms with Crippen molar-refractivity contribution in [3.8, 4) is 0 Å². The lowest BCUT2D eigenvalue weighted by molar-refractivity contribution is -0.158. The van der Waals surface area contributed by atoms with E-state index in [-0.39, 0.29) is 37.8 Å². The molecule has 3 N–H and O–H groups in total. The van der Waals surface area contributed by atoms with Gasteiger partial charge in [-0.15, -0.1) is 0 Å². The largest absolute Gasteiger partial charge is 0.456 e. The smallest absolute Gasteiger partial charge is 0.334 e. The number of benzene rings is 2. The number of carbonyl (C=O) groups is 5. The molecule has 2 rings (SSSR count). The predicted octanol–water partition coefficient (Wildman–Crippen LogP) is 3.11. The standard InChI is InChI=1S/C31H41N3O7/c1-24(35)40-23-30(38)32-20-9-3-6-14-28(36)33-21-19-31(39)41-34-29(37)22-27-17-15-26(16-18-27)13-8-7-12-25-10-4-2-5-11-25/h2,4-5,10-11,15-18H,3,6-9,12-14,19-23H2,1H3,(H,32,38)(H,33,36)(H,34,37). The van der Waals surface area contributed by atoms with E-state index in [0.717, 1.165) is 37.7 Å². The second kappa shape index (κ2) is 19.8. The average Bonchev–Trinajstić information content (AvgIpc) is 2.96. The highest BCUT2D eigenvalue weighted by atomic mass is 16.7. The van der Waals surface area contributed by atoms with Crippen molar-refractivity contribution >= 4 is 29.7 Å². The Morgan fingerprint density at radius 1 is 0.634 bits per heavy atom. The molecule has 2 aromatic carbocycles. The highest BCUT2D eigenvalue weighted by molar-refractivity contribution is 5.81. The molecule has 0 bridgehead atoms. The molecule has 0 aromatic heterocycles. The van der Waals surface area contributed by atoms with Crippen molar-refractivity contribution in [3.63, 3.8) is 0 Å². The maximum Gasteiger partial charge on any atom is 0.334 e. The number of ether oxygens (including phenoxy) is 1. The minimum absolute atomic E-state index is 0.0701. The van der Waals surface area contributed by atoms with Gasteiger partial charge >= 0.3 is 11.9 Å². The van der Waals surface area contributed by atoms with Gasteiger partial charge in [-0.3, -0.25) is 19.2 Å². The van der Waals surface area contributed by atoms with Crippen molar-refractivity contribution in [1.29, 1.82) is 0 Å². The molecule has 0 fully saturated rings. The molecular formula is C31H41N3O7. The molecule has 0 saturated heterocycles. The average molecular weight is 568 g/mol. The monoisotopic (exact) mass is 567 g/mol. The molecule has 222 valence electrons. The van der Waals surface area contributed by atoms with Crippen molar-refractivity contribution in [1.82, 2.24) is 16.1 Å². The highest BCUT2D eigenvalue weighted by Gasteiger charge is 2.10. The van der Waals surface area contributed by atoms with Crippen molar-refractivity contribution in [3.05, 3.63) is 71.3 Å². The number of hydroxylamine groups is 1. The van der Waals surface area contributed by atoms with Gasteiger partial charge in [0.2, 0.25) is 5.91 Å². The first-order chi connectivity index (χ1) is 19.8. The molecule has 0 heterocycles. The molecule has 10 nitrogen and oxygen atoms in total. The lowest BCUT2D eigenvalue weighted by Gasteiger charge is -2.08. The van der Waals surface area contributed by atoms with Crippen LogP contribution in [0.4, 0.5) is 0 Å². The topological polar surface area (TPSA) is 140 Å². The van der Waals surface area contributed by atoms with Gasteiger partial charge in [0.1, 0.15) is 0 Å². The van der Waals surface area contributed by atoms with Gasteiger partial charge in [0, 0.05) is 26.4 Å². The highest BCUT2D eigenvalue weighted by Crippen LogP contribution is 2.11. The summed E-state index contributed by atoms with van der Waals surface area (Å²) in [7, 11) is 0. The van der Waals surface area contributed by atoms with Crippen LogP contribution in [0.3, 0.4) is 0 Å². The van der Waals surface area contributed by atoms with Gasteiger partial charge in [0.15, 0.2) is 6.61 Å². The van der Waals surface area contributed by atoms with Gasteiger partial charge in [0.05, 0.1) is 12.8 Å². The summed E-state index contributed by atoms with van der Waals surface area (Å²) in [5, 5.41) is 5.26. The first-order valence-corrected chi connectivity index (χ1v) is 14.1. The van der Waals surface area contributed by atoms with Crippen LogP contribution < -0.4 is 16.1 Å². The SMILES string of the molecule is CC(=O)OCC(=O)NCCCCCC(=O)NCCC(=O)ONC(=O)Cc1ccc(CCCCc2ccccc2)cc1. The quantitative estimate of drug-likeness (QED) is 0.143. The third kappa shape index (κ3) is 16.5. The van der Waals surface area contributed by atoms with Gasteiger partial charge in [-0.05, 0) is 55.2 Å². The van der Waals surface area contributed by atoms with E-state index in [1.807, 2.05) is 30.3 Å². The Hall–Kier alpha value is -4.21. The van der Waals surface area contributed by atoms with Crippen LogP contribution in [-0.2, 0) is 52.8 Å². The minimum atomic E-state index is -0.644. The third-order valence-electron chi connectivity index (χ3n) is 6.15. The summed E-state index contributed by atoms with van der Waals surface area (Å²) in [6.07, 6.45) is 6.61. The lowest BCUT2D eigenvalue weighted by atomic mass is 10.0. The second-order valence-electron chi connectivity index (χ2n) is 9.73. The van der Waals surface area contributed by atoms with E-state index in [1.165, 1.54) is 18.1 Å². The van der Waals surface area contributed by atoms with E-state index in [4.69, 9.17) is 4.84 Å². The van der Waals surface area contributed by atoms with Crippen LogP contribution in [0.5, 0.6) is 0 Å². The van der Waals surface area contributed by atoms with Gasteiger partial charge in [-0.25, -0.2) is 4.79 Å². The molecule has 2 aromatic rings. The Morgan fingerprint density at radius 3 is 1.95 bits per heavy atom. The van der Waals surface area contributed by atoms with E-state index in [2.05, 4.69) is 45.1 Å². The summed E-state index contributed by atoms with van der Waals surface area (Å²) in [5.41, 5.74) is 5.55. The van der Waals surface area contributed by atoms with E-state index >= 15 is 0 Å². The molecule has 0 spiro atoms. The Balaban J connectivity index is 1.47. The van der Waals surface area contributed by atoms with Crippen molar-refractivity contribution in [2.75, 3.05) is 19.7 Å². The molecule has 0 radical (unpaired) electrons. The number of hydrogen-bond acceptors (Lipinski definition) is 7. The molecule has 0 aliphatic carbocycles. The zero-order valence-electron chi connectivity index (χ0n) is 23.7. The molecule has 0 aliphatic heterocycles. The number of unbranched alkanes of at least 4 members (excludes halogenated alkanes) is 3. The van der Waals surface area contributed by atoms with E-state index in [9.17, 15) is 24.0 Å². The number of rotatable bonds is 18. The van der Waals surface area contributed by atoms with E-state index in [0.29, 0.717) is 25.8 Å². The van der Waals surface area contributed by atoms with Crippen LogP contribution >= 0.6 is 0 Å². The normalized spacial score (nSPS) is 10.4. The molecule has 0 atom stereocenters. The number of carbonyl (C=O) groups excluding carboxylic acids is 5. The number of esters is 1. The van der Waals surface area contributed by atoms with E-state index in [1.54, 1.807) is 0 Å². The fourth-order valence-corrected chi connectivity index (χ4v) is 3.94. The molecule has 10 heteroatoms. The van der Waals surface area contributed by atoms with Crippen molar-refractivity contribution in [2.24, 2.45) is 0 Å². The van der Waals surface area contributed by atoms with Gasteiger partial charge < -0.3 is 20.2 Å². The Kier molecular flexibility index (Phi) is 15.9. The summed E-state index contributed by atoms with van der Waals surface area (Å²) < 4.78 is 4.59. The van der Waals surface area contributed by atoms with E-state index < -0.39 is 17.8 Å². The van der Waals surface area contributed by atoms with Crippen LogP contribution in [0.2, 0.25) is 0 Å². The Morgan fingerprint density at radius 2 is 1.27 bits per heavy atom. The Bertz CT molecular complexity index is 1100. The zero-order valence-corrected chi connectivity index (χ0v) is 23.7. The van der Waals surface area contributed by atoms with Gasteiger partial charge in [-0.1, -0.05) is 61.0 Å². The van der Waals surface area contributed by atoms with Gasteiger partial charge in [0.25, 0.3) is 11.8 Å². The van der Waals surface area contributed by atoms with Crippen molar-refractivity contribution < 1.29 is 33.5 Å². The first-order valence-electron chi connectivity index (χ1n) is 14.1. The maximum absolute atomic E-state index is 12.1. The van der Waals surface area contributed by atoms with Crippen LogP contribution in [0, 0.1) is 0 Å². The summed E-state index contributed by atoms with van der Waals surface area (Å²) in [6, 6.07) is 18.3. The summed E-state index contributed by atoms with van der Waals surface area (Å²) in [4.78, 5) is 62.7. The second-order valence-corrected chi connectivity index (χ2v) is 9.73. The number of amides is 3. The third-order valence-corrected chi connectivity index (χ3v) is 6.15. The van der Waals surface area contributed by atoms with Crippen LogP contribution in [-0.4, -0.2) is 49.4 Å². The maximum atomic E-state index is 12.1. The molecule has 0 saturated carbocycles. The molecule has 0 aliphatic rings. The fourth-order valence-electron chi connectivity index (χ4n) is 3.94. The predicted molar refractivity (Wildman–Crippen MR) is 153 cm³/mol. The minimum Gasteiger partial charge on any atom is -0.456 e. The first kappa shape index (κ1) is 33.0. The zero-order chi connectivity index (χ0) is 29.7. The van der Waals surface area contributed by atoms with Crippen LogP contribution in [0.25, 0.3) is 0 Å². The summed E-state index contributed by atoms with van der Waals surface area (Å²) in [6.45, 7) is 1.47. The molecular weight excluding hydrogens is 526 g/mol. The van der Waals surface area contributed by atoms with Crippen molar-refractivity contribution in [2.45, 2.75) is 71.1 Å². The number of aryl methyl sites for hydroxylation is 2. The summed E-state index contributed by atoms with van der Waals surface area (Å²) >= 11 is 0. The molecule has 3 amide bonds. The van der Waals surface area contributed by atoms with Gasteiger partial charge in [-0.2, -0.15) is 5.48 Å². The number of hydrogen-bond donors (Lipinski definition) is 3. The number of nitrogens with one attached hydrogen (secondary N) is 3. The van der Waals surface area contributed by atoms with Crippen LogP contribution in [0.15, 0.2) is 54.6 Å². The lowest BCUT2D eigenvalue weighted by Crippen LogP contribution is -2.31. The summed E-state index contributed by atoms with van der Waals surface area (Å²) in [5.74, 6) is -2.15. The molecule has 0 unspecified atom stereocenters. The molecule has 41 heavy (non-hydrogen) atoms. The Labute approximate surface area is 241 Å². The fraction of sp³-hybridized carbons (Fsp3) is 0.452.